The Kier molecular flexibility index (Phi) is 50.9. The molecule has 0 aliphatic heterocycles. The smallest absolute Gasteiger partial charge is 0.306 e. The zero-order valence-electron chi connectivity index (χ0n) is 42.7. The first-order valence-electron chi connectivity index (χ1n) is 27.4. The monoisotopic (exact) mass is 907 g/mol. The Bertz CT molecular complexity index is 1230. The molecule has 0 unspecified atom stereocenters. The van der Waals surface area contributed by atoms with Gasteiger partial charge in [-0.15, -0.1) is 0 Å². The van der Waals surface area contributed by atoms with Gasteiger partial charge in [0.25, 0.3) is 0 Å². The van der Waals surface area contributed by atoms with Gasteiger partial charge in [-0.25, -0.2) is 0 Å². The second kappa shape index (κ2) is 53.5. The van der Waals surface area contributed by atoms with Gasteiger partial charge in [0.15, 0.2) is 6.10 Å². The van der Waals surface area contributed by atoms with Crippen molar-refractivity contribution in [1.82, 2.24) is 0 Å². The van der Waals surface area contributed by atoms with E-state index in [4.69, 9.17) is 14.2 Å². The minimum absolute atomic E-state index is 0.0958. The van der Waals surface area contributed by atoms with Gasteiger partial charge in [0.05, 0.1) is 0 Å². The Hall–Kier alpha value is -3.15. The van der Waals surface area contributed by atoms with Crippen molar-refractivity contribution in [1.29, 1.82) is 0 Å². The van der Waals surface area contributed by atoms with Gasteiger partial charge in [0.2, 0.25) is 0 Å². The number of carbonyl (C=O) groups excluding carboxylic acids is 3. The molecule has 0 spiro atoms. The molecule has 0 aromatic carbocycles. The van der Waals surface area contributed by atoms with Crippen molar-refractivity contribution >= 4 is 17.9 Å². The van der Waals surface area contributed by atoms with Crippen molar-refractivity contribution in [2.75, 3.05) is 13.2 Å². The second-order valence-electron chi connectivity index (χ2n) is 18.1. The number of hydrogen-bond donors (Lipinski definition) is 0. The minimum Gasteiger partial charge on any atom is -0.462 e. The predicted molar refractivity (Wildman–Crippen MR) is 279 cm³/mol. The van der Waals surface area contributed by atoms with Crippen LogP contribution in [0.15, 0.2) is 72.9 Å². The summed E-state index contributed by atoms with van der Waals surface area (Å²) < 4.78 is 16.8. The lowest BCUT2D eigenvalue weighted by atomic mass is 10.0. The van der Waals surface area contributed by atoms with Crippen molar-refractivity contribution in [3.8, 4) is 0 Å². The van der Waals surface area contributed by atoms with Crippen LogP contribution in [-0.4, -0.2) is 37.2 Å². The van der Waals surface area contributed by atoms with E-state index in [0.29, 0.717) is 19.3 Å². The molecule has 374 valence electrons. The molecule has 0 aliphatic rings. The highest BCUT2D eigenvalue weighted by Gasteiger charge is 2.19. The largest absolute Gasteiger partial charge is 0.462 e. The van der Waals surface area contributed by atoms with E-state index in [9.17, 15) is 14.4 Å². The summed E-state index contributed by atoms with van der Waals surface area (Å²) in [5.74, 6) is -0.959. The number of rotatable bonds is 49. The molecule has 6 heteroatoms. The number of allylic oxidation sites excluding steroid dienone is 12. The third-order valence-electron chi connectivity index (χ3n) is 11.7. The lowest BCUT2D eigenvalue weighted by molar-refractivity contribution is -0.167. The van der Waals surface area contributed by atoms with Crippen molar-refractivity contribution < 1.29 is 28.6 Å². The third-order valence-corrected chi connectivity index (χ3v) is 11.7. The van der Waals surface area contributed by atoms with Crippen molar-refractivity contribution in [3.05, 3.63) is 72.9 Å². The van der Waals surface area contributed by atoms with E-state index in [-0.39, 0.29) is 37.5 Å². The number of ether oxygens (including phenoxy) is 3. The van der Waals surface area contributed by atoms with Gasteiger partial charge in [0, 0.05) is 19.3 Å². The van der Waals surface area contributed by atoms with E-state index in [0.717, 1.165) is 83.5 Å². The van der Waals surface area contributed by atoms with Crippen LogP contribution in [-0.2, 0) is 28.6 Å². The summed E-state index contributed by atoms with van der Waals surface area (Å²) in [5.41, 5.74) is 0. The predicted octanol–water partition coefficient (Wildman–Crippen LogP) is 18.2. The van der Waals surface area contributed by atoms with Crippen molar-refractivity contribution in [2.45, 2.75) is 271 Å². The maximum atomic E-state index is 12.8. The van der Waals surface area contributed by atoms with E-state index in [2.05, 4.69) is 93.7 Å². The van der Waals surface area contributed by atoms with Crippen LogP contribution in [0.4, 0.5) is 0 Å². The lowest BCUT2D eigenvalue weighted by Gasteiger charge is -2.18. The fourth-order valence-electron chi connectivity index (χ4n) is 7.58. The third kappa shape index (κ3) is 51.7. The van der Waals surface area contributed by atoms with E-state index >= 15 is 0 Å². The van der Waals surface area contributed by atoms with Gasteiger partial charge in [0.1, 0.15) is 13.2 Å². The molecule has 0 fully saturated rings. The fraction of sp³-hybridized carbons (Fsp3) is 0.746. The zero-order valence-corrected chi connectivity index (χ0v) is 42.7. The average Bonchev–Trinajstić information content (AvgIpc) is 3.30. The SMILES string of the molecule is CC/C=C\C/C=C\C/C=C\C/C=C\C/C=C\CCCC(=O)OC[C@H](COC(=O)CCCCCCC/C=C\CCCC)OC(=O)CCCCCCCCCCCCCCCCCCCCC. The number of hydrogen-bond acceptors (Lipinski definition) is 6. The summed E-state index contributed by atoms with van der Waals surface area (Å²) in [6.07, 6.45) is 67.6. The molecule has 0 aromatic rings. The van der Waals surface area contributed by atoms with Gasteiger partial charge in [-0.2, -0.15) is 0 Å². The lowest BCUT2D eigenvalue weighted by Crippen LogP contribution is -2.30. The van der Waals surface area contributed by atoms with Gasteiger partial charge < -0.3 is 14.2 Å². The summed E-state index contributed by atoms with van der Waals surface area (Å²) in [6.45, 7) is 6.45. The molecular weight excluding hydrogens is 805 g/mol. The van der Waals surface area contributed by atoms with Crippen LogP contribution in [0, 0.1) is 0 Å². The molecule has 1 atom stereocenters. The molecule has 65 heavy (non-hydrogen) atoms. The molecule has 0 saturated heterocycles. The number of unbranched alkanes of at least 4 members (excludes halogenated alkanes) is 26. The molecule has 0 rings (SSSR count). The minimum atomic E-state index is -0.799. The van der Waals surface area contributed by atoms with Crippen LogP contribution in [0.3, 0.4) is 0 Å². The number of esters is 3. The molecule has 0 amide bonds. The maximum absolute atomic E-state index is 12.8. The highest BCUT2D eigenvalue weighted by atomic mass is 16.6. The van der Waals surface area contributed by atoms with Crippen LogP contribution in [0.2, 0.25) is 0 Å². The second-order valence-corrected chi connectivity index (χ2v) is 18.1. The molecule has 0 aromatic heterocycles. The fourth-order valence-corrected chi connectivity index (χ4v) is 7.58. The standard InChI is InChI=1S/C59H102O6/c1-4-7-10-13-16-19-22-24-26-28-29-31-33-35-38-41-44-47-50-53-59(62)65-56(54-63-57(60)51-48-45-42-39-36-21-18-15-12-9-6-3)55-64-58(61)52-49-46-43-40-37-34-32-30-27-25-23-20-17-14-11-8-5-2/h8,11,15,17-18,20,25,27,32,34,40,43,56H,4-7,9-10,12-14,16,19,21-24,26,28-31,33,35-39,41-42,44-55H2,1-3H3/b11-8-,18-15-,20-17-,27-25-,34-32-,43-40-/t56-/m0/s1. The first-order valence-corrected chi connectivity index (χ1v) is 27.4. The van der Waals surface area contributed by atoms with Crippen LogP contribution < -0.4 is 0 Å². The Morgan fingerprint density at radius 1 is 0.323 bits per heavy atom. The average molecular weight is 907 g/mol. The van der Waals surface area contributed by atoms with E-state index in [1.165, 1.54) is 135 Å². The van der Waals surface area contributed by atoms with Gasteiger partial charge >= 0.3 is 17.9 Å². The molecule has 0 saturated carbocycles. The molecule has 0 radical (unpaired) electrons. The van der Waals surface area contributed by atoms with E-state index < -0.39 is 6.10 Å². The first kappa shape index (κ1) is 61.9. The summed E-state index contributed by atoms with van der Waals surface area (Å²) in [4.78, 5) is 38.0. The topological polar surface area (TPSA) is 78.9 Å². The van der Waals surface area contributed by atoms with Crippen molar-refractivity contribution in [3.63, 3.8) is 0 Å². The van der Waals surface area contributed by atoms with Crippen LogP contribution >= 0.6 is 0 Å². The highest BCUT2D eigenvalue weighted by molar-refractivity contribution is 5.71. The van der Waals surface area contributed by atoms with Crippen molar-refractivity contribution in [2.24, 2.45) is 0 Å². The molecular formula is C59H102O6. The molecule has 0 bridgehead atoms. The summed E-state index contributed by atoms with van der Waals surface area (Å²) in [5, 5.41) is 0. The highest BCUT2D eigenvalue weighted by Crippen LogP contribution is 2.16. The quantitative estimate of drug-likeness (QED) is 0.0262. The summed E-state index contributed by atoms with van der Waals surface area (Å²) >= 11 is 0. The summed E-state index contributed by atoms with van der Waals surface area (Å²) in [7, 11) is 0. The Balaban J connectivity index is 4.41. The van der Waals surface area contributed by atoms with E-state index in [1.54, 1.807) is 0 Å². The van der Waals surface area contributed by atoms with Gasteiger partial charge in [-0.05, 0) is 77.0 Å². The van der Waals surface area contributed by atoms with Crippen LogP contribution in [0.1, 0.15) is 265 Å². The Morgan fingerprint density at radius 2 is 0.631 bits per heavy atom. The number of carbonyl (C=O) groups is 3. The maximum Gasteiger partial charge on any atom is 0.306 e. The molecule has 0 aliphatic carbocycles. The normalized spacial score (nSPS) is 12.6. The Labute approximate surface area is 402 Å². The van der Waals surface area contributed by atoms with Crippen LogP contribution in [0.25, 0.3) is 0 Å². The van der Waals surface area contributed by atoms with E-state index in [1.807, 2.05) is 0 Å². The zero-order chi connectivity index (χ0) is 47.2. The van der Waals surface area contributed by atoms with Gasteiger partial charge in [-0.3, -0.25) is 14.4 Å². The molecule has 6 nitrogen and oxygen atoms in total. The molecule has 0 heterocycles. The first-order chi connectivity index (χ1) is 32.0. The molecule has 0 N–H and O–H groups in total. The Morgan fingerprint density at radius 3 is 1.06 bits per heavy atom. The van der Waals surface area contributed by atoms with Gasteiger partial charge in [-0.1, -0.05) is 241 Å². The van der Waals surface area contributed by atoms with Crippen LogP contribution in [0.5, 0.6) is 0 Å². The summed E-state index contributed by atoms with van der Waals surface area (Å²) in [6, 6.07) is 0.